The quantitative estimate of drug-likeness (QED) is 0.855. The molecule has 2 aliphatic heterocycles. The normalized spacial score (nSPS) is 24.5. The van der Waals surface area contributed by atoms with Crippen LogP contribution in [0.2, 0.25) is 0 Å². The van der Waals surface area contributed by atoms with Gasteiger partial charge >= 0.3 is 0 Å². The van der Waals surface area contributed by atoms with Gasteiger partial charge in [0.2, 0.25) is 5.88 Å². The maximum atomic E-state index is 5.79. The minimum atomic E-state index is 0.649. The van der Waals surface area contributed by atoms with Gasteiger partial charge in [-0.05, 0) is 44.5 Å². The van der Waals surface area contributed by atoms with Crippen LogP contribution in [0.15, 0.2) is 48.7 Å². The van der Waals surface area contributed by atoms with E-state index in [-0.39, 0.29) is 0 Å². The van der Waals surface area contributed by atoms with E-state index >= 15 is 0 Å². The molecule has 2 aromatic rings. The first-order valence-electron chi connectivity index (χ1n) is 8.95. The number of anilines is 1. The first-order chi connectivity index (χ1) is 11.8. The van der Waals surface area contributed by atoms with Crippen molar-refractivity contribution in [2.45, 2.75) is 37.8 Å². The Morgan fingerprint density at radius 2 is 1.83 bits per heavy atom. The second kappa shape index (κ2) is 6.81. The van der Waals surface area contributed by atoms with Gasteiger partial charge in [-0.25, -0.2) is 4.98 Å². The van der Waals surface area contributed by atoms with Gasteiger partial charge in [0.25, 0.3) is 0 Å². The molecule has 0 amide bonds. The lowest BCUT2D eigenvalue weighted by Crippen LogP contribution is -2.45. The van der Waals surface area contributed by atoms with E-state index in [4.69, 9.17) is 4.74 Å². The second-order valence-corrected chi connectivity index (χ2v) is 6.91. The number of rotatable bonds is 3. The van der Waals surface area contributed by atoms with Crippen molar-refractivity contribution in [1.82, 2.24) is 9.88 Å². The number of aromatic nitrogens is 1. The molecule has 24 heavy (non-hydrogen) atoms. The first-order valence-corrected chi connectivity index (χ1v) is 8.95. The van der Waals surface area contributed by atoms with Crippen molar-refractivity contribution < 1.29 is 4.74 Å². The fraction of sp³-hybridized carbons (Fsp3) is 0.450. The molecule has 2 atom stereocenters. The number of pyridine rings is 1. The van der Waals surface area contributed by atoms with Crippen LogP contribution in [-0.2, 0) is 0 Å². The molecule has 0 N–H and O–H groups in total. The zero-order valence-corrected chi connectivity index (χ0v) is 14.3. The Morgan fingerprint density at radius 3 is 2.62 bits per heavy atom. The Balaban J connectivity index is 1.46. The highest BCUT2D eigenvalue weighted by molar-refractivity contribution is 5.46. The third kappa shape index (κ3) is 3.24. The molecule has 126 valence electrons. The van der Waals surface area contributed by atoms with Gasteiger partial charge < -0.3 is 9.64 Å². The van der Waals surface area contributed by atoms with Crippen LogP contribution in [0.3, 0.4) is 0 Å². The molecule has 0 aliphatic carbocycles. The topological polar surface area (TPSA) is 28.6 Å². The Hall–Kier alpha value is -2.07. The lowest BCUT2D eigenvalue weighted by molar-refractivity contribution is 0.127. The number of fused-ring (bicyclic) bond motifs is 2. The van der Waals surface area contributed by atoms with Crippen LogP contribution in [0.25, 0.3) is 0 Å². The van der Waals surface area contributed by atoms with Gasteiger partial charge in [-0.1, -0.05) is 24.6 Å². The molecular weight excluding hydrogens is 298 g/mol. The average Bonchev–Trinajstić information content (AvgIpc) is 2.71. The van der Waals surface area contributed by atoms with E-state index in [1.807, 2.05) is 42.6 Å². The summed E-state index contributed by atoms with van der Waals surface area (Å²) in [4.78, 5) is 9.60. The van der Waals surface area contributed by atoms with E-state index in [1.165, 1.54) is 31.4 Å². The molecule has 1 aromatic carbocycles. The number of likely N-dealkylation sites (N-methyl/N-ethyl adjacent to an activating group) is 1. The summed E-state index contributed by atoms with van der Waals surface area (Å²) in [6.07, 6.45) is 7.23. The Kier molecular flexibility index (Phi) is 4.39. The van der Waals surface area contributed by atoms with Gasteiger partial charge in [0.05, 0.1) is 11.9 Å². The third-order valence-electron chi connectivity index (χ3n) is 5.44. The summed E-state index contributed by atoms with van der Waals surface area (Å²) in [6.45, 7) is 2.22. The van der Waals surface area contributed by atoms with E-state index in [9.17, 15) is 0 Å². The summed E-state index contributed by atoms with van der Waals surface area (Å²) in [5.41, 5.74) is 1.20. The highest BCUT2D eigenvalue weighted by Gasteiger charge is 2.32. The molecule has 2 bridgehead atoms. The van der Waals surface area contributed by atoms with Crippen LogP contribution >= 0.6 is 0 Å². The molecule has 2 fully saturated rings. The highest BCUT2D eigenvalue weighted by atomic mass is 16.5. The molecule has 4 nitrogen and oxygen atoms in total. The number of ether oxygens (including phenoxy) is 1. The molecule has 2 aliphatic rings. The molecule has 4 heteroatoms. The maximum absolute atomic E-state index is 5.79. The van der Waals surface area contributed by atoms with Crippen molar-refractivity contribution >= 4 is 5.69 Å². The van der Waals surface area contributed by atoms with Crippen LogP contribution in [-0.4, -0.2) is 42.1 Å². The monoisotopic (exact) mass is 323 g/mol. The molecule has 0 radical (unpaired) electrons. The van der Waals surface area contributed by atoms with Gasteiger partial charge in [0, 0.05) is 31.2 Å². The summed E-state index contributed by atoms with van der Waals surface area (Å²) in [6, 6.07) is 15.3. The lowest BCUT2D eigenvalue weighted by atomic mass is 9.96. The minimum Gasteiger partial charge on any atom is -0.439 e. The SMILES string of the molecule is CN1C2CCCC1CN(c1ccc(Oc3ccccc3)nc1)CC2. The largest absolute Gasteiger partial charge is 0.439 e. The zero-order valence-electron chi connectivity index (χ0n) is 14.3. The molecule has 3 heterocycles. The fourth-order valence-corrected chi connectivity index (χ4v) is 3.98. The summed E-state index contributed by atoms with van der Waals surface area (Å²) in [7, 11) is 2.30. The third-order valence-corrected chi connectivity index (χ3v) is 5.44. The Labute approximate surface area is 144 Å². The number of benzene rings is 1. The predicted octanol–water partition coefficient (Wildman–Crippen LogP) is 3.94. The van der Waals surface area contributed by atoms with E-state index in [1.54, 1.807) is 0 Å². The lowest BCUT2D eigenvalue weighted by Gasteiger charge is -2.37. The zero-order chi connectivity index (χ0) is 16.4. The molecule has 2 saturated heterocycles. The highest BCUT2D eigenvalue weighted by Crippen LogP contribution is 2.30. The summed E-state index contributed by atoms with van der Waals surface area (Å²) in [5.74, 6) is 1.47. The van der Waals surface area contributed by atoms with Crippen molar-refractivity contribution in [3.05, 3.63) is 48.7 Å². The van der Waals surface area contributed by atoms with E-state index in [2.05, 4.69) is 27.9 Å². The molecule has 0 spiro atoms. The van der Waals surface area contributed by atoms with Crippen molar-refractivity contribution in [1.29, 1.82) is 0 Å². The summed E-state index contributed by atoms with van der Waals surface area (Å²) < 4.78 is 5.79. The molecule has 1 aromatic heterocycles. The van der Waals surface area contributed by atoms with Gasteiger partial charge in [-0.15, -0.1) is 0 Å². The smallest absolute Gasteiger partial charge is 0.219 e. The van der Waals surface area contributed by atoms with Gasteiger partial charge in [0.15, 0.2) is 0 Å². The number of piperidine rings is 1. The molecule has 4 rings (SSSR count). The van der Waals surface area contributed by atoms with E-state index in [0.29, 0.717) is 11.9 Å². The van der Waals surface area contributed by atoms with Crippen LogP contribution in [0.5, 0.6) is 11.6 Å². The number of para-hydroxylation sites is 1. The standard InChI is InChI=1S/C20H25N3O/c1-22-16-6-5-7-18(22)15-23(13-12-16)17-10-11-20(21-14-17)24-19-8-3-2-4-9-19/h2-4,8-11,14,16,18H,5-7,12-13,15H2,1H3. The number of nitrogens with zero attached hydrogens (tertiary/aromatic N) is 3. The van der Waals surface area contributed by atoms with Crippen LogP contribution in [0.4, 0.5) is 5.69 Å². The van der Waals surface area contributed by atoms with Gasteiger partial charge in [-0.2, -0.15) is 0 Å². The van der Waals surface area contributed by atoms with Gasteiger partial charge in [-0.3, -0.25) is 4.90 Å². The first kappa shape index (κ1) is 15.5. The number of hydrogen-bond acceptors (Lipinski definition) is 4. The van der Waals surface area contributed by atoms with Gasteiger partial charge in [0.1, 0.15) is 5.75 Å². The summed E-state index contributed by atoms with van der Waals surface area (Å²) in [5, 5.41) is 0. The average molecular weight is 323 g/mol. The van der Waals surface area contributed by atoms with Crippen molar-refractivity contribution in [3.8, 4) is 11.6 Å². The van der Waals surface area contributed by atoms with Crippen molar-refractivity contribution in [2.24, 2.45) is 0 Å². The Morgan fingerprint density at radius 1 is 1.00 bits per heavy atom. The summed E-state index contributed by atoms with van der Waals surface area (Å²) >= 11 is 0. The van der Waals surface area contributed by atoms with Crippen molar-refractivity contribution in [2.75, 3.05) is 25.0 Å². The van der Waals surface area contributed by atoms with E-state index in [0.717, 1.165) is 24.9 Å². The minimum absolute atomic E-state index is 0.649. The maximum Gasteiger partial charge on any atom is 0.219 e. The van der Waals surface area contributed by atoms with Crippen LogP contribution < -0.4 is 9.64 Å². The molecular formula is C20H25N3O. The van der Waals surface area contributed by atoms with E-state index < -0.39 is 0 Å². The predicted molar refractivity (Wildman–Crippen MR) is 96.8 cm³/mol. The molecule has 2 unspecified atom stereocenters. The van der Waals surface area contributed by atoms with Crippen LogP contribution in [0, 0.1) is 0 Å². The van der Waals surface area contributed by atoms with Crippen molar-refractivity contribution in [3.63, 3.8) is 0 Å². The fourth-order valence-electron chi connectivity index (χ4n) is 3.98. The molecule has 0 saturated carbocycles. The second-order valence-electron chi connectivity index (χ2n) is 6.91. The Bertz CT molecular complexity index is 658. The van der Waals surface area contributed by atoms with Crippen LogP contribution in [0.1, 0.15) is 25.7 Å². The number of hydrogen-bond donors (Lipinski definition) is 0.